The quantitative estimate of drug-likeness (QED) is 0.759. The third-order valence-electron chi connectivity index (χ3n) is 1.90. The van der Waals surface area contributed by atoms with Crippen LogP contribution in [0, 0.1) is 0 Å². The smallest absolute Gasteiger partial charge is 0.130 e. The Balaban J connectivity index is 0.000000921. The Morgan fingerprint density at radius 1 is 1.33 bits per heavy atom. The van der Waals surface area contributed by atoms with Crippen molar-refractivity contribution < 1.29 is 9.53 Å². The number of ether oxygens (including phenoxy) is 1. The summed E-state index contributed by atoms with van der Waals surface area (Å²) >= 11 is 0. The van der Waals surface area contributed by atoms with E-state index in [-0.39, 0.29) is 5.78 Å². The zero-order valence-electron chi connectivity index (χ0n) is 10.0. The number of hydrogen-bond donors (Lipinski definition) is 0. The molecule has 2 nitrogen and oxygen atoms in total. The van der Waals surface area contributed by atoms with Crippen LogP contribution in [-0.4, -0.2) is 12.9 Å². The molecule has 1 aromatic carbocycles. The van der Waals surface area contributed by atoms with Gasteiger partial charge >= 0.3 is 0 Å². The average molecular weight is 208 g/mol. The maximum Gasteiger partial charge on any atom is 0.130 e. The molecular weight excluding hydrogens is 188 g/mol. The number of aryl methyl sites for hydroxylation is 1. The molecule has 0 N–H and O–H groups in total. The zero-order chi connectivity index (χ0) is 11.7. The first-order chi connectivity index (χ1) is 7.22. The summed E-state index contributed by atoms with van der Waals surface area (Å²) in [5.74, 6) is 1.07. The molecule has 0 fully saturated rings. The second-order valence-corrected chi connectivity index (χ2v) is 3.05. The number of benzene rings is 1. The predicted octanol–water partition coefficient (Wildman–Crippen LogP) is 3.24. The van der Waals surface area contributed by atoms with Crippen molar-refractivity contribution in [2.45, 2.75) is 33.6 Å². The largest absolute Gasteiger partial charge is 0.497 e. The molecule has 1 rings (SSSR count). The summed E-state index contributed by atoms with van der Waals surface area (Å²) in [6, 6.07) is 7.81. The van der Waals surface area contributed by atoms with Gasteiger partial charge in [-0.1, -0.05) is 26.0 Å². The second kappa shape index (κ2) is 8.04. The van der Waals surface area contributed by atoms with E-state index in [1.165, 1.54) is 0 Å². The summed E-state index contributed by atoms with van der Waals surface area (Å²) in [6.45, 7) is 5.61. The Morgan fingerprint density at radius 2 is 2.00 bits per heavy atom. The van der Waals surface area contributed by atoms with Gasteiger partial charge in [-0.3, -0.25) is 0 Å². The Labute approximate surface area is 92.3 Å². The van der Waals surface area contributed by atoms with E-state index in [9.17, 15) is 4.79 Å². The van der Waals surface area contributed by atoms with Crippen molar-refractivity contribution in [1.82, 2.24) is 0 Å². The highest BCUT2D eigenvalue weighted by atomic mass is 16.5. The van der Waals surface area contributed by atoms with E-state index in [4.69, 9.17) is 4.74 Å². The average Bonchev–Trinajstić information content (AvgIpc) is 2.29. The van der Waals surface area contributed by atoms with Crippen LogP contribution in [0.2, 0.25) is 0 Å². The molecule has 0 spiro atoms. The Hall–Kier alpha value is -1.31. The van der Waals surface area contributed by atoms with Crippen molar-refractivity contribution in [1.29, 1.82) is 0 Å². The molecule has 0 heterocycles. The highest BCUT2D eigenvalue weighted by Gasteiger charge is 1.97. The lowest BCUT2D eigenvalue weighted by molar-refractivity contribution is -0.116. The molecule has 2 heteroatoms. The normalized spacial score (nSPS) is 8.80. The first-order valence-corrected chi connectivity index (χ1v) is 5.34. The van der Waals surface area contributed by atoms with Gasteiger partial charge in [0.1, 0.15) is 11.5 Å². The van der Waals surface area contributed by atoms with Crippen LogP contribution in [0.25, 0.3) is 0 Å². The van der Waals surface area contributed by atoms with E-state index in [1.54, 1.807) is 14.0 Å². The van der Waals surface area contributed by atoms with Crippen molar-refractivity contribution in [3.8, 4) is 5.75 Å². The number of carbonyl (C=O) groups excluding carboxylic acids is 1. The lowest BCUT2D eigenvalue weighted by atomic mass is 10.1. The fourth-order valence-electron chi connectivity index (χ4n) is 1.15. The highest BCUT2D eigenvalue weighted by molar-refractivity contribution is 5.75. The molecule has 0 saturated carbocycles. The Bertz CT molecular complexity index is 292. The molecule has 0 aliphatic rings. The summed E-state index contributed by atoms with van der Waals surface area (Å²) < 4.78 is 5.08. The summed E-state index contributed by atoms with van der Waals surface area (Å²) in [5.41, 5.74) is 1.15. The number of methoxy groups -OCH3 is 1. The van der Waals surface area contributed by atoms with E-state index >= 15 is 0 Å². The third-order valence-corrected chi connectivity index (χ3v) is 1.90. The van der Waals surface area contributed by atoms with Gasteiger partial charge < -0.3 is 9.53 Å². The highest BCUT2D eigenvalue weighted by Crippen LogP contribution is 2.13. The van der Waals surface area contributed by atoms with Crippen LogP contribution in [-0.2, 0) is 11.2 Å². The Kier molecular flexibility index (Phi) is 7.33. The zero-order valence-corrected chi connectivity index (χ0v) is 10.0. The SMILES string of the molecule is CC.COc1cccc(CCC(C)=O)c1. The molecular formula is C13H20O2. The fourth-order valence-corrected chi connectivity index (χ4v) is 1.15. The van der Waals surface area contributed by atoms with Gasteiger partial charge in [0, 0.05) is 6.42 Å². The monoisotopic (exact) mass is 208 g/mol. The summed E-state index contributed by atoms with van der Waals surface area (Å²) in [5, 5.41) is 0. The van der Waals surface area contributed by atoms with E-state index in [1.807, 2.05) is 38.1 Å². The summed E-state index contributed by atoms with van der Waals surface area (Å²) in [6.07, 6.45) is 1.40. The first-order valence-electron chi connectivity index (χ1n) is 5.34. The maximum absolute atomic E-state index is 10.7. The molecule has 0 saturated heterocycles. The molecule has 15 heavy (non-hydrogen) atoms. The van der Waals surface area contributed by atoms with Crippen LogP contribution in [0.1, 0.15) is 32.8 Å². The molecule has 0 bridgehead atoms. The number of hydrogen-bond acceptors (Lipinski definition) is 2. The van der Waals surface area contributed by atoms with Crippen LogP contribution in [0.3, 0.4) is 0 Å². The number of rotatable bonds is 4. The van der Waals surface area contributed by atoms with Crippen molar-refractivity contribution in [3.63, 3.8) is 0 Å². The van der Waals surface area contributed by atoms with E-state index in [2.05, 4.69) is 0 Å². The minimum Gasteiger partial charge on any atom is -0.497 e. The molecule has 84 valence electrons. The minimum absolute atomic E-state index is 0.225. The van der Waals surface area contributed by atoms with Crippen molar-refractivity contribution in [2.24, 2.45) is 0 Å². The number of ketones is 1. The van der Waals surface area contributed by atoms with Crippen LogP contribution in [0.5, 0.6) is 5.75 Å². The predicted molar refractivity (Wildman–Crippen MR) is 63.3 cm³/mol. The van der Waals surface area contributed by atoms with Gasteiger partial charge in [0.25, 0.3) is 0 Å². The Morgan fingerprint density at radius 3 is 2.53 bits per heavy atom. The van der Waals surface area contributed by atoms with Gasteiger partial charge in [-0.05, 0) is 31.0 Å². The van der Waals surface area contributed by atoms with E-state index in [0.29, 0.717) is 6.42 Å². The molecule has 0 unspecified atom stereocenters. The van der Waals surface area contributed by atoms with Crippen LogP contribution < -0.4 is 4.74 Å². The lowest BCUT2D eigenvalue weighted by Gasteiger charge is -2.02. The minimum atomic E-state index is 0.225. The fraction of sp³-hybridized carbons (Fsp3) is 0.462. The van der Waals surface area contributed by atoms with Gasteiger partial charge in [-0.15, -0.1) is 0 Å². The molecule has 0 aromatic heterocycles. The standard InChI is InChI=1S/C11H14O2.C2H6/c1-9(12)6-7-10-4-3-5-11(8-10)13-2;1-2/h3-5,8H,6-7H2,1-2H3;1-2H3. The van der Waals surface area contributed by atoms with E-state index < -0.39 is 0 Å². The molecule has 1 aromatic rings. The van der Waals surface area contributed by atoms with Gasteiger partial charge in [0.05, 0.1) is 7.11 Å². The van der Waals surface area contributed by atoms with Gasteiger partial charge in [-0.2, -0.15) is 0 Å². The van der Waals surface area contributed by atoms with Crippen LogP contribution in [0.4, 0.5) is 0 Å². The lowest BCUT2D eigenvalue weighted by Crippen LogP contribution is -1.94. The molecule has 0 atom stereocenters. The summed E-state index contributed by atoms with van der Waals surface area (Å²) in [4.78, 5) is 10.7. The van der Waals surface area contributed by atoms with Crippen molar-refractivity contribution in [2.75, 3.05) is 7.11 Å². The molecule has 0 aliphatic carbocycles. The summed E-state index contributed by atoms with van der Waals surface area (Å²) in [7, 11) is 1.64. The number of carbonyl (C=O) groups is 1. The first kappa shape index (κ1) is 13.7. The van der Waals surface area contributed by atoms with Gasteiger partial charge in [-0.25, -0.2) is 0 Å². The topological polar surface area (TPSA) is 26.3 Å². The maximum atomic E-state index is 10.7. The van der Waals surface area contributed by atoms with Crippen LogP contribution >= 0.6 is 0 Å². The van der Waals surface area contributed by atoms with Gasteiger partial charge in [0.15, 0.2) is 0 Å². The van der Waals surface area contributed by atoms with Gasteiger partial charge in [0.2, 0.25) is 0 Å². The van der Waals surface area contributed by atoms with E-state index in [0.717, 1.165) is 17.7 Å². The third kappa shape index (κ3) is 5.89. The van der Waals surface area contributed by atoms with Crippen molar-refractivity contribution >= 4 is 5.78 Å². The number of Topliss-reactive ketones (excluding diaryl/α,β-unsaturated/α-hetero) is 1. The van der Waals surface area contributed by atoms with Crippen molar-refractivity contribution in [3.05, 3.63) is 29.8 Å². The second-order valence-electron chi connectivity index (χ2n) is 3.05. The molecule has 0 radical (unpaired) electrons. The molecule has 0 aliphatic heterocycles. The molecule has 0 amide bonds. The van der Waals surface area contributed by atoms with Crippen LogP contribution in [0.15, 0.2) is 24.3 Å².